The van der Waals surface area contributed by atoms with Gasteiger partial charge in [-0.2, -0.15) is 0 Å². The fourth-order valence-corrected chi connectivity index (χ4v) is 4.90. The van der Waals surface area contributed by atoms with Crippen molar-refractivity contribution in [1.29, 1.82) is 0 Å². The molecule has 2 N–H and O–H groups in total. The Bertz CT molecular complexity index is 986. The molecule has 3 aromatic rings. The second-order valence-electron chi connectivity index (χ2n) is 7.14. The van der Waals surface area contributed by atoms with Crippen LogP contribution in [0.15, 0.2) is 42.5 Å². The summed E-state index contributed by atoms with van der Waals surface area (Å²) in [7, 11) is 0. The highest BCUT2D eigenvalue weighted by Gasteiger charge is 2.31. The molecule has 0 radical (unpaired) electrons. The van der Waals surface area contributed by atoms with Gasteiger partial charge in [-0.25, -0.2) is 9.78 Å². The van der Waals surface area contributed by atoms with E-state index in [0.717, 1.165) is 40.4 Å². The third-order valence-corrected chi connectivity index (χ3v) is 6.47. The zero-order valence-electron chi connectivity index (χ0n) is 15.5. The lowest BCUT2D eigenvalue weighted by atomic mass is 10.0. The van der Waals surface area contributed by atoms with Crippen LogP contribution in [-0.2, 0) is 17.7 Å². The maximum absolute atomic E-state index is 13.1. The molecule has 0 aliphatic carbocycles. The van der Waals surface area contributed by atoms with E-state index in [1.807, 2.05) is 29.2 Å². The summed E-state index contributed by atoms with van der Waals surface area (Å²) in [6.07, 6.45) is 1.03. The van der Waals surface area contributed by atoms with E-state index < -0.39 is 0 Å². The Morgan fingerprint density at radius 1 is 1.25 bits per heavy atom. The van der Waals surface area contributed by atoms with E-state index >= 15 is 0 Å². The van der Waals surface area contributed by atoms with Crippen LogP contribution in [0.3, 0.4) is 0 Å². The highest BCUT2D eigenvalue weighted by atomic mass is 32.1. The van der Waals surface area contributed by atoms with Crippen molar-refractivity contribution >= 4 is 33.3 Å². The molecule has 2 aliphatic heterocycles. The summed E-state index contributed by atoms with van der Waals surface area (Å²) in [5.41, 5.74) is 4.42. The van der Waals surface area contributed by atoms with Crippen molar-refractivity contribution in [2.45, 2.75) is 19.0 Å². The van der Waals surface area contributed by atoms with E-state index in [2.05, 4.69) is 28.8 Å². The molecule has 2 aromatic carbocycles. The summed E-state index contributed by atoms with van der Waals surface area (Å²) in [6, 6.07) is 14.0. The van der Waals surface area contributed by atoms with E-state index in [1.54, 1.807) is 11.3 Å². The number of benzene rings is 2. The molecular weight excluding hydrogens is 372 g/mol. The lowest BCUT2D eigenvalue weighted by Gasteiger charge is -2.34. The molecule has 1 saturated heterocycles. The van der Waals surface area contributed by atoms with Crippen LogP contribution in [0.25, 0.3) is 10.2 Å². The number of hydrogen-bond donors (Lipinski definition) is 2. The second-order valence-corrected chi connectivity index (χ2v) is 8.21. The molecular formula is C21H22N4O2S. The molecule has 0 spiro atoms. The molecule has 5 rings (SSSR count). The monoisotopic (exact) mass is 394 g/mol. The third kappa shape index (κ3) is 3.37. The molecule has 6 nitrogen and oxygen atoms in total. The molecule has 2 amide bonds. The Morgan fingerprint density at radius 2 is 2.18 bits per heavy atom. The van der Waals surface area contributed by atoms with Gasteiger partial charge in [0.05, 0.1) is 23.4 Å². The average molecular weight is 394 g/mol. The Hall–Kier alpha value is -2.48. The number of nitrogens with one attached hydrogen (secondary N) is 2. The molecule has 7 heteroatoms. The van der Waals surface area contributed by atoms with E-state index in [9.17, 15) is 4.79 Å². The number of urea groups is 1. The van der Waals surface area contributed by atoms with Crippen LogP contribution >= 0.6 is 11.3 Å². The number of nitrogens with zero attached hydrogens (tertiary/aromatic N) is 2. The Labute approximate surface area is 167 Å². The maximum atomic E-state index is 13.1. The summed E-state index contributed by atoms with van der Waals surface area (Å²) in [5, 5.41) is 7.38. The normalized spacial score (nSPS) is 19.4. The van der Waals surface area contributed by atoms with Crippen molar-refractivity contribution in [2.24, 2.45) is 0 Å². The summed E-state index contributed by atoms with van der Waals surface area (Å²) < 4.78 is 6.80. The van der Waals surface area contributed by atoms with Crippen LogP contribution in [0.2, 0.25) is 0 Å². The van der Waals surface area contributed by atoms with Gasteiger partial charge < -0.3 is 20.3 Å². The van der Waals surface area contributed by atoms with Gasteiger partial charge >= 0.3 is 6.03 Å². The standard InChI is InChI=1S/C21H22N4O2S/c26-21(23-16-6-5-14-7-8-22-12-15(14)11-16)25-9-10-27-13-18(25)20-24-17-3-1-2-4-19(17)28-20/h1-6,11,18,22H,7-10,12-13H2,(H,23,26). The molecule has 1 aromatic heterocycles. The topological polar surface area (TPSA) is 66.5 Å². The van der Waals surface area contributed by atoms with Gasteiger partial charge in [-0.15, -0.1) is 11.3 Å². The van der Waals surface area contributed by atoms with Gasteiger partial charge in [0.1, 0.15) is 11.0 Å². The number of ether oxygens (including phenoxy) is 1. The SMILES string of the molecule is O=C(Nc1ccc2c(c1)CNCC2)N1CCOCC1c1nc2ccccc2s1. The number of anilines is 1. The van der Waals surface area contributed by atoms with E-state index in [4.69, 9.17) is 9.72 Å². The molecule has 1 fully saturated rings. The van der Waals surface area contributed by atoms with Crippen LogP contribution < -0.4 is 10.6 Å². The van der Waals surface area contributed by atoms with Gasteiger partial charge in [0, 0.05) is 18.8 Å². The zero-order valence-corrected chi connectivity index (χ0v) is 16.3. The minimum absolute atomic E-state index is 0.101. The number of rotatable bonds is 2. The van der Waals surface area contributed by atoms with Gasteiger partial charge in [-0.1, -0.05) is 18.2 Å². The lowest BCUT2D eigenvalue weighted by molar-refractivity contribution is 0.0147. The lowest BCUT2D eigenvalue weighted by Crippen LogP contribution is -2.45. The Morgan fingerprint density at radius 3 is 3.11 bits per heavy atom. The highest BCUT2D eigenvalue weighted by Crippen LogP contribution is 2.32. The summed E-state index contributed by atoms with van der Waals surface area (Å²) in [4.78, 5) is 19.6. The second kappa shape index (κ2) is 7.50. The third-order valence-electron chi connectivity index (χ3n) is 5.33. The minimum atomic E-state index is -0.162. The van der Waals surface area contributed by atoms with Crippen molar-refractivity contribution < 1.29 is 9.53 Å². The van der Waals surface area contributed by atoms with E-state index in [0.29, 0.717) is 19.8 Å². The van der Waals surface area contributed by atoms with E-state index in [1.165, 1.54) is 11.1 Å². The highest BCUT2D eigenvalue weighted by molar-refractivity contribution is 7.18. The molecule has 3 heterocycles. The first-order chi connectivity index (χ1) is 13.8. The van der Waals surface area contributed by atoms with Crippen molar-refractivity contribution in [3.63, 3.8) is 0 Å². The molecule has 28 heavy (non-hydrogen) atoms. The van der Waals surface area contributed by atoms with Gasteiger partial charge in [0.15, 0.2) is 0 Å². The first-order valence-corrected chi connectivity index (χ1v) is 10.4. The van der Waals surface area contributed by atoms with Gasteiger partial charge in [-0.05, 0) is 48.4 Å². The van der Waals surface area contributed by atoms with Gasteiger partial charge in [0.25, 0.3) is 0 Å². The van der Waals surface area contributed by atoms with Crippen LogP contribution in [0.1, 0.15) is 22.2 Å². The average Bonchev–Trinajstić information content (AvgIpc) is 3.18. The molecule has 1 atom stereocenters. The molecule has 1 unspecified atom stereocenters. The van der Waals surface area contributed by atoms with Crippen molar-refractivity contribution in [3.05, 3.63) is 58.6 Å². The fraction of sp³-hybridized carbons (Fsp3) is 0.333. The molecule has 0 saturated carbocycles. The number of para-hydroxylation sites is 1. The predicted octanol–water partition coefficient (Wildman–Crippen LogP) is 3.55. The summed E-state index contributed by atoms with van der Waals surface area (Å²) in [6.45, 7) is 3.43. The first kappa shape index (κ1) is 17.6. The largest absolute Gasteiger partial charge is 0.377 e. The molecule has 0 bridgehead atoms. The number of amides is 2. The fourth-order valence-electron chi connectivity index (χ4n) is 3.84. The van der Waals surface area contributed by atoms with Gasteiger partial charge in [-0.3, -0.25) is 0 Å². The molecule has 144 valence electrons. The summed E-state index contributed by atoms with van der Waals surface area (Å²) >= 11 is 1.63. The minimum Gasteiger partial charge on any atom is -0.377 e. The zero-order chi connectivity index (χ0) is 18.9. The van der Waals surface area contributed by atoms with Crippen molar-refractivity contribution in [1.82, 2.24) is 15.2 Å². The van der Waals surface area contributed by atoms with Crippen molar-refractivity contribution in [2.75, 3.05) is 31.6 Å². The van der Waals surface area contributed by atoms with Crippen LogP contribution in [0, 0.1) is 0 Å². The van der Waals surface area contributed by atoms with Crippen molar-refractivity contribution in [3.8, 4) is 0 Å². The molecule has 2 aliphatic rings. The number of carbonyl (C=O) groups excluding carboxylic acids is 1. The smallest absolute Gasteiger partial charge is 0.322 e. The number of fused-ring (bicyclic) bond motifs is 2. The number of morpholine rings is 1. The van der Waals surface area contributed by atoms with Crippen LogP contribution in [-0.4, -0.2) is 42.2 Å². The summed E-state index contributed by atoms with van der Waals surface area (Å²) in [5.74, 6) is 0. The number of thiazole rings is 1. The quantitative estimate of drug-likeness (QED) is 0.698. The number of carbonyl (C=O) groups is 1. The first-order valence-electron chi connectivity index (χ1n) is 9.61. The number of hydrogen-bond acceptors (Lipinski definition) is 5. The predicted molar refractivity (Wildman–Crippen MR) is 111 cm³/mol. The number of aromatic nitrogens is 1. The van der Waals surface area contributed by atoms with E-state index in [-0.39, 0.29) is 12.1 Å². The van der Waals surface area contributed by atoms with Crippen LogP contribution in [0.5, 0.6) is 0 Å². The Balaban J connectivity index is 1.37. The van der Waals surface area contributed by atoms with Crippen LogP contribution in [0.4, 0.5) is 10.5 Å². The Kier molecular flexibility index (Phi) is 4.72. The maximum Gasteiger partial charge on any atom is 0.322 e. The van der Waals surface area contributed by atoms with Gasteiger partial charge in [0.2, 0.25) is 0 Å².